The lowest BCUT2D eigenvalue weighted by molar-refractivity contribution is 0.326. The first-order chi connectivity index (χ1) is 6.45. The third-order valence-corrected chi connectivity index (χ3v) is 3.60. The summed E-state index contributed by atoms with van der Waals surface area (Å²) in [5, 5.41) is 0. The standard InChI is InChI=1S/C12H23N/c1-2-6-12(7-3-1)8-4-5-9-13-10-11-13/h12H,1-11H2. The zero-order chi connectivity index (χ0) is 8.93. The second-order valence-corrected chi connectivity index (χ2v) is 4.84. The van der Waals surface area contributed by atoms with E-state index >= 15 is 0 Å². The Hall–Kier alpha value is -0.0400. The normalized spacial score (nSPS) is 24.9. The molecule has 0 unspecified atom stereocenters. The fourth-order valence-corrected chi connectivity index (χ4v) is 2.54. The zero-order valence-electron chi connectivity index (χ0n) is 8.80. The van der Waals surface area contributed by atoms with Crippen LogP contribution in [-0.2, 0) is 0 Å². The van der Waals surface area contributed by atoms with Crippen molar-refractivity contribution in [1.82, 2.24) is 4.90 Å². The molecule has 1 aliphatic carbocycles. The third-order valence-electron chi connectivity index (χ3n) is 3.60. The lowest BCUT2D eigenvalue weighted by Gasteiger charge is -2.21. The smallest absolute Gasteiger partial charge is 0.0110 e. The van der Waals surface area contributed by atoms with E-state index in [-0.39, 0.29) is 0 Å². The van der Waals surface area contributed by atoms with Crippen molar-refractivity contribution in [3.8, 4) is 0 Å². The summed E-state index contributed by atoms with van der Waals surface area (Å²) in [5.41, 5.74) is 0. The van der Waals surface area contributed by atoms with Crippen LogP contribution in [0.25, 0.3) is 0 Å². The molecule has 0 aromatic carbocycles. The van der Waals surface area contributed by atoms with Crippen molar-refractivity contribution in [1.29, 1.82) is 0 Å². The lowest BCUT2D eigenvalue weighted by Crippen LogP contribution is -2.07. The van der Waals surface area contributed by atoms with Crippen LogP contribution >= 0.6 is 0 Å². The Morgan fingerprint density at radius 3 is 2.38 bits per heavy atom. The molecule has 0 spiro atoms. The van der Waals surface area contributed by atoms with Gasteiger partial charge in [-0.3, -0.25) is 0 Å². The summed E-state index contributed by atoms with van der Waals surface area (Å²) >= 11 is 0. The van der Waals surface area contributed by atoms with Gasteiger partial charge < -0.3 is 4.90 Å². The van der Waals surface area contributed by atoms with Gasteiger partial charge in [-0.15, -0.1) is 0 Å². The molecule has 2 rings (SSSR count). The van der Waals surface area contributed by atoms with E-state index < -0.39 is 0 Å². The van der Waals surface area contributed by atoms with E-state index in [1.165, 1.54) is 71.0 Å². The van der Waals surface area contributed by atoms with E-state index in [9.17, 15) is 0 Å². The van der Waals surface area contributed by atoms with E-state index in [0.29, 0.717) is 0 Å². The molecule has 0 aromatic rings. The van der Waals surface area contributed by atoms with Gasteiger partial charge in [0.05, 0.1) is 0 Å². The SMILES string of the molecule is C1CCC(CCCCN2CC2)CC1. The Balaban J connectivity index is 1.46. The highest BCUT2D eigenvalue weighted by Crippen LogP contribution is 2.27. The van der Waals surface area contributed by atoms with Crippen molar-refractivity contribution in [2.24, 2.45) is 5.92 Å². The molecule has 2 fully saturated rings. The maximum absolute atomic E-state index is 2.54. The minimum atomic E-state index is 1.10. The van der Waals surface area contributed by atoms with Gasteiger partial charge in [0.2, 0.25) is 0 Å². The molecule has 2 aliphatic rings. The van der Waals surface area contributed by atoms with Gasteiger partial charge >= 0.3 is 0 Å². The molecule has 0 atom stereocenters. The number of unbranched alkanes of at least 4 members (excludes halogenated alkanes) is 1. The van der Waals surface area contributed by atoms with E-state index in [1.807, 2.05) is 0 Å². The summed E-state index contributed by atoms with van der Waals surface area (Å²) in [6.07, 6.45) is 12.1. The van der Waals surface area contributed by atoms with Crippen LogP contribution < -0.4 is 0 Å². The summed E-state index contributed by atoms with van der Waals surface area (Å²) in [6.45, 7) is 4.14. The fraction of sp³-hybridized carbons (Fsp3) is 1.00. The molecule has 1 aliphatic heterocycles. The van der Waals surface area contributed by atoms with Gasteiger partial charge in [-0.05, 0) is 18.9 Å². The number of nitrogens with zero attached hydrogens (tertiary/aromatic N) is 1. The van der Waals surface area contributed by atoms with E-state index in [4.69, 9.17) is 0 Å². The minimum absolute atomic E-state index is 1.10. The first-order valence-corrected chi connectivity index (χ1v) is 6.17. The first-order valence-electron chi connectivity index (χ1n) is 6.17. The molecule has 1 heterocycles. The Bertz CT molecular complexity index is 134. The Morgan fingerprint density at radius 1 is 0.923 bits per heavy atom. The molecule has 1 saturated carbocycles. The summed E-state index contributed by atoms with van der Waals surface area (Å²) < 4.78 is 0. The first kappa shape index (κ1) is 9.51. The van der Waals surface area contributed by atoms with E-state index in [2.05, 4.69) is 4.90 Å². The summed E-state index contributed by atoms with van der Waals surface area (Å²) in [6, 6.07) is 0. The highest BCUT2D eigenvalue weighted by molar-refractivity contribution is 4.72. The van der Waals surface area contributed by atoms with Crippen molar-refractivity contribution in [2.45, 2.75) is 51.4 Å². The second kappa shape index (κ2) is 4.99. The predicted octanol–water partition coefficient (Wildman–Crippen LogP) is 3.05. The molecular weight excluding hydrogens is 158 g/mol. The van der Waals surface area contributed by atoms with Gasteiger partial charge in [0.25, 0.3) is 0 Å². The molecule has 76 valence electrons. The number of hydrogen-bond acceptors (Lipinski definition) is 1. The Labute approximate surface area is 82.5 Å². The molecule has 0 radical (unpaired) electrons. The van der Waals surface area contributed by atoms with Crippen LogP contribution in [0.3, 0.4) is 0 Å². The maximum Gasteiger partial charge on any atom is 0.0110 e. The van der Waals surface area contributed by atoms with Crippen LogP contribution in [0, 0.1) is 5.92 Å². The van der Waals surface area contributed by atoms with Crippen LogP contribution in [0.2, 0.25) is 0 Å². The van der Waals surface area contributed by atoms with Crippen molar-refractivity contribution in [3.05, 3.63) is 0 Å². The molecule has 1 nitrogen and oxygen atoms in total. The minimum Gasteiger partial charge on any atom is -0.301 e. The van der Waals surface area contributed by atoms with Crippen LogP contribution in [0.15, 0.2) is 0 Å². The molecule has 0 amide bonds. The number of rotatable bonds is 5. The van der Waals surface area contributed by atoms with Crippen LogP contribution in [0.5, 0.6) is 0 Å². The second-order valence-electron chi connectivity index (χ2n) is 4.84. The maximum atomic E-state index is 2.54. The third kappa shape index (κ3) is 3.68. The van der Waals surface area contributed by atoms with Crippen LogP contribution in [0.4, 0.5) is 0 Å². The van der Waals surface area contributed by atoms with Crippen molar-refractivity contribution >= 4 is 0 Å². The largest absolute Gasteiger partial charge is 0.301 e. The Morgan fingerprint density at radius 2 is 1.69 bits per heavy atom. The summed E-state index contributed by atoms with van der Waals surface area (Å²) in [5.74, 6) is 1.10. The summed E-state index contributed by atoms with van der Waals surface area (Å²) in [4.78, 5) is 2.54. The predicted molar refractivity (Wildman–Crippen MR) is 56.9 cm³/mol. The average molecular weight is 181 g/mol. The van der Waals surface area contributed by atoms with Crippen LogP contribution in [0.1, 0.15) is 51.4 Å². The highest BCUT2D eigenvalue weighted by Gasteiger charge is 2.16. The highest BCUT2D eigenvalue weighted by atomic mass is 15.2. The molecule has 0 aromatic heterocycles. The van der Waals surface area contributed by atoms with Gasteiger partial charge in [-0.2, -0.15) is 0 Å². The lowest BCUT2D eigenvalue weighted by atomic mass is 9.86. The summed E-state index contributed by atoms with van der Waals surface area (Å²) in [7, 11) is 0. The van der Waals surface area contributed by atoms with E-state index in [0.717, 1.165) is 5.92 Å². The van der Waals surface area contributed by atoms with Gasteiger partial charge in [-0.25, -0.2) is 0 Å². The molecule has 0 N–H and O–H groups in total. The Kier molecular flexibility index (Phi) is 3.65. The topological polar surface area (TPSA) is 3.01 Å². The van der Waals surface area contributed by atoms with E-state index in [1.54, 1.807) is 0 Å². The van der Waals surface area contributed by atoms with Crippen LogP contribution in [-0.4, -0.2) is 24.5 Å². The molecular formula is C12H23N. The molecule has 0 bridgehead atoms. The zero-order valence-corrected chi connectivity index (χ0v) is 8.80. The van der Waals surface area contributed by atoms with Crippen molar-refractivity contribution in [3.63, 3.8) is 0 Å². The van der Waals surface area contributed by atoms with Gasteiger partial charge in [0.15, 0.2) is 0 Å². The van der Waals surface area contributed by atoms with Gasteiger partial charge in [0.1, 0.15) is 0 Å². The van der Waals surface area contributed by atoms with Gasteiger partial charge in [-0.1, -0.05) is 44.9 Å². The molecule has 13 heavy (non-hydrogen) atoms. The number of hydrogen-bond donors (Lipinski definition) is 0. The quantitative estimate of drug-likeness (QED) is 0.465. The van der Waals surface area contributed by atoms with Crippen molar-refractivity contribution in [2.75, 3.05) is 19.6 Å². The molecule has 1 saturated heterocycles. The van der Waals surface area contributed by atoms with Gasteiger partial charge in [0, 0.05) is 13.1 Å². The molecule has 1 heteroatoms. The van der Waals surface area contributed by atoms with Crippen molar-refractivity contribution < 1.29 is 0 Å². The average Bonchev–Trinajstić information content (AvgIpc) is 2.98. The fourth-order valence-electron chi connectivity index (χ4n) is 2.54. The monoisotopic (exact) mass is 181 g/mol.